The minimum Gasteiger partial charge on any atom is -0.485 e. The molecule has 0 spiro atoms. The maximum Gasteiger partial charge on any atom is 0.416 e. The van der Waals surface area contributed by atoms with E-state index < -0.39 is 23.2 Å². The minimum absolute atomic E-state index is 0.0158. The van der Waals surface area contributed by atoms with Crippen molar-refractivity contribution >= 4 is 40.6 Å². The molecule has 0 bridgehead atoms. The first-order chi connectivity index (χ1) is 29.3. The second-order valence-corrected chi connectivity index (χ2v) is 15.2. The van der Waals surface area contributed by atoms with E-state index in [4.69, 9.17) is 26.1 Å². The van der Waals surface area contributed by atoms with Crippen molar-refractivity contribution in [2.75, 3.05) is 43.5 Å². The van der Waals surface area contributed by atoms with E-state index in [1.165, 1.54) is 10.8 Å². The molecule has 1 unspecified atom stereocenters. The van der Waals surface area contributed by atoms with Crippen molar-refractivity contribution in [3.8, 4) is 17.1 Å². The highest BCUT2D eigenvalue weighted by atomic mass is 35.5. The van der Waals surface area contributed by atoms with Crippen LogP contribution in [-0.2, 0) is 41.7 Å². The second-order valence-electron chi connectivity index (χ2n) is 14.8. The molecule has 61 heavy (non-hydrogen) atoms. The van der Waals surface area contributed by atoms with Crippen LogP contribution in [0.25, 0.3) is 17.2 Å². The first-order valence-electron chi connectivity index (χ1n) is 19.7. The van der Waals surface area contributed by atoms with Gasteiger partial charge in [-0.3, -0.25) is 14.4 Å². The standard InChI is InChI=1S/C43H41ClF3N9O5/c1-4-33-37(53-16-18-54(19-17-53)40(58)36-38(25(2)48-24-49-36)61-23-26-8-6-5-7-9-26)41(59)56-42(51-39(52-56)28-10-13-30-27(20-28)11-15-34(30)60-3)55(33)22-35(57)50-32-14-12-29(21-31(32)44)43(45,46)47/h5-10,12-14,20-21,24,34H,4,11,15-19,22-23H2,1-3H3,(H,50,57). The van der Waals surface area contributed by atoms with E-state index in [9.17, 15) is 27.6 Å². The van der Waals surface area contributed by atoms with Crippen LogP contribution in [0.5, 0.6) is 5.75 Å². The number of rotatable bonds is 11. The molecule has 4 heterocycles. The average molecular weight is 856 g/mol. The predicted molar refractivity (Wildman–Crippen MR) is 221 cm³/mol. The van der Waals surface area contributed by atoms with Crippen LogP contribution in [0.2, 0.25) is 5.02 Å². The lowest BCUT2D eigenvalue weighted by Crippen LogP contribution is -2.51. The summed E-state index contributed by atoms with van der Waals surface area (Å²) in [5.41, 5.74) is 3.72. The number of nitrogens with one attached hydrogen (secondary N) is 1. The number of carbonyl (C=O) groups is 2. The molecule has 1 aliphatic carbocycles. The fraction of sp³-hybridized carbons (Fsp3) is 0.326. The van der Waals surface area contributed by atoms with Gasteiger partial charge in [0.1, 0.15) is 25.2 Å². The molecule has 1 atom stereocenters. The van der Waals surface area contributed by atoms with E-state index in [1.54, 1.807) is 23.5 Å². The van der Waals surface area contributed by atoms with Crippen molar-refractivity contribution in [3.05, 3.63) is 128 Å². The Morgan fingerprint density at radius 3 is 2.48 bits per heavy atom. The highest BCUT2D eigenvalue weighted by Gasteiger charge is 2.33. The molecular formula is C43H41ClF3N9O5. The molecule has 3 aromatic carbocycles. The highest BCUT2D eigenvalue weighted by Crippen LogP contribution is 2.36. The summed E-state index contributed by atoms with van der Waals surface area (Å²) in [5, 5.41) is 7.01. The number of aromatic nitrogens is 6. The van der Waals surface area contributed by atoms with Gasteiger partial charge >= 0.3 is 6.18 Å². The Balaban J connectivity index is 1.11. The number of nitrogens with zero attached hydrogens (tertiary/aromatic N) is 8. The highest BCUT2D eigenvalue weighted by molar-refractivity contribution is 6.33. The molecule has 18 heteroatoms. The van der Waals surface area contributed by atoms with E-state index in [-0.39, 0.29) is 91.5 Å². The van der Waals surface area contributed by atoms with Gasteiger partial charge < -0.3 is 29.2 Å². The summed E-state index contributed by atoms with van der Waals surface area (Å²) >= 11 is 6.20. The van der Waals surface area contributed by atoms with E-state index in [2.05, 4.69) is 20.4 Å². The van der Waals surface area contributed by atoms with Crippen molar-refractivity contribution in [2.45, 2.75) is 58.5 Å². The normalized spacial score (nSPS) is 15.3. The molecular weight excluding hydrogens is 815 g/mol. The van der Waals surface area contributed by atoms with Gasteiger partial charge in [-0.05, 0) is 67.1 Å². The van der Waals surface area contributed by atoms with Crippen LogP contribution in [0, 0.1) is 6.92 Å². The summed E-state index contributed by atoms with van der Waals surface area (Å²) in [5.74, 6) is -0.315. The molecule has 1 N–H and O–H groups in total. The van der Waals surface area contributed by atoms with E-state index in [1.807, 2.05) is 60.4 Å². The van der Waals surface area contributed by atoms with Crippen molar-refractivity contribution in [2.24, 2.45) is 0 Å². The number of hydrogen-bond acceptors (Lipinski definition) is 10. The minimum atomic E-state index is -4.62. The Morgan fingerprint density at radius 2 is 1.77 bits per heavy atom. The maximum atomic E-state index is 14.6. The summed E-state index contributed by atoms with van der Waals surface area (Å²) in [6.45, 7) is 4.40. The van der Waals surface area contributed by atoms with Crippen molar-refractivity contribution in [1.82, 2.24) is 34.0 Å². The number of hydrogen-bond donors (Lipinski definition) is 1. The van der Waals surface area contributed by atoms with Gasteiger partial charge in [-0.1, -0.05) is 61.0 Å². The number of carbonyl (C=O) groups excluding carboxylic acids is 2. The molecule has 0 radical (unpaired) electrons. The summed E-state index contributed by atoms with van der Waals surface area (Å²) in [6, 6.07) is 18.0. The van der Waals surface area contributed by atoms with Gasteiger partial charge in [0, 0.05) is 38.9 Å². The van der Waals surface area contributed by atoms with Crippen LogP contribution in [-0.4, -0.2) is 79.1 Å². The van der Waals surface area contributed by atoms with Gasteiger partial charge in [-0.25, -0.2) is 9.97 Å². The lowest BCUT2D eigenvalue weighted by atomic mass is 10.1. The molecule has 0 saturated carbocycles. The molecule has 2 amide bonds. The summed E-state index contributed by atoms with van der Waals surface area (Å²) in [4.78, 5) is 59.2. The Labute approximate surface area is 352 Å². The molecule has 316 valence electrons. The summed E-state index contributed by atoms with van der Waals surface area (Å²) in [6.07, 6.45) is -1.39. The zero-order valence-corrected chi connectivity index (χ0v) is 34.3. The monoisotopic (exact) mass is 855 g/mol. The Bertz CT molecular complexity index is 2700. The fourth-order valence-electron chi connectivity index (χ4n) is 7.94. The number of aryl methyl sites for hydroxylation is 2. The number of benzene rings is 3. The smallest absolute Gasteiger partial charge is 0.416 e. The van der Waals surface area contributed by atoms with Crippen LogP contribution in [0.3, 0.4) is 0 Å². The topological polar surface area (TPSA) is 149 Å². The largest absolute Gasteiger partial charge is 0.485 e. The molecule has 6 aromatic rings. The van der Waals surface area contributed by atoms with Crippen LogP contribution in [0.15, 0.2) is 77.9 Å². The molecule has 2 aliphatic rings. The van der Waals surface area contributed by atoms with Gasteiger partial charge in [0.25, 0.3) is 11.5 Å². The number of piperazine rings is 1. The fourth-order valence-corrected chi connectivity index (χ4v) is 8.17. The molecule has 1 aliphatic heterocycles. The first kappa shape index (κ1) is 41.4. The van der Waals surface area contributed by atoms with Gasteiger partial charge in [-0.15, -0.1) is 5.10 Å². The number of fused-ring (bicyclic) bond motifs is 2. The third-order valence-corrected chi connectivity index (χ3v) is 11.3. The van der Waals surface area contributed by atoms with Crippen molar-refractivity contribution < 1.29 is 32.2 Å². The van der Waals surface area contributed by atoms with E-state index in [0.717, 1.165) is 47.7 Å². The lowest BCUT2D eigenvalue weighted by molar-refractivity contribution is -0.137. The maximum absolute atomic E-state index is 14.6. The molecule has 14 nitrogen and oxygen atoms in total. The van der Waals surface area contributed by atoms with Crippen LogP contribution < -0.4 is 20.5 Å². The number of amides is 2. The van der Waals surface area contributed by atoms with Crippen molar-refractivity contribution in [3.63, 3.8) is 0 Å². The quantitative estimate of drug-likeness (QED) is 0.149. The number of halogens is 4. The van der Waals surface area contributed by atoms with Crippen molar-refractivity contribution in [1.29, 1.82) is 0 Å². The first-order valence-corrected chi connectivity index (χ1v) is 20.1. The molecule has 8 rings (SSSR count). The van der Waals surface area contributed by atoms with Crippen LogP contribution in [0.1, 0.15) is 63.6 Å². The Kier molecular flexibility index (Phi) is 11.5. The number of anilines is 2. The van der Waals surface area contributed by atoms with E-state index >= 15 is 0 Å². The molecule has 1 saturated heterocycles. The number of methoxy groups -OCH3 is 1. The number of ether oxygens (including phenoxy) is 2. The third-order valence-electron chi connectivity index (χ3n) is 11.0. The Hall–Kier alpha value is -6.33. The average Bonchev–Trinajstić information content (AvgIpc) is 3.90. The lowest BCUT2D eigenvalue weighted by Gasteiger charge is -2.36. The van der Waals surface area contributed by atoms with Crippen LogP contribution >= 0.6 is 11.6 Å². The zero-order chi connectivity index (χ0) is 43.0. The molecule has 1 fully saturated rings. The van der Waals surface area contributed by atoms with Gasteiger partial charge in [0.2, 0.25) is 11.7 Å². The van der Waals surface area contributed by atoms with Gasteiger partial charge in [-0.2, -0.15) is 22.7 Å². The Morgan fingerprint density at radius 1 is 1.00 bits per heavy atom. The number of alkyl halides is 3. The summed E-state index contributed by atoms with van der Waals surface area (Å²) < 4.78 is 54.5. The predicted octanol–water partition coefficient (Wildman–Crippen LogP) is 6.70. The third kappa shape index (κ3) is 8.26. The second kappa shape index (κ2) is 17.0. The van der Waals surface area contributed by atoms with Crippen LogP contribution in [0.4, 0.5) is 24.5 Å². The molecule has 3 aromatic heterocycles. The summed E-state index contributed by atoms with van der Waals surface area (Å²) in [7, 11) is 1.67. The van der Waals surface area contributed by atoms with Gasteiger partial charge in [0.05, 0.1) is 33.8 Å². The van der Waals surface area contributed by atoms with E-state index in [0.29, 0.717) is 22.7 Å². The zero-order valence-electron chi connectivity index (χ0n) is 33.5. The SMILES string of the molecule is CCc1c(N2CCN(C(=O)c3ncnc(C)c3OCc3ccccc3)CC2)c(=O)n2nc(-c3ccc4c(c3)CCC4OC)nc2n1CC(=O)Nc1ccc(C(F)(F)F)cc1Cl. The van der Waals surface area contributed by atoms with Gasteiger partial charge in [0.15, 0.2) is 17.3 Å².